The van der Waals surface area contributed by atoms with E-state index in [1.807, 2.05) is 0 Å². The lowest BCUT2D eigenvalue weighted by molar-refractivity contribution is 0.0313. The Hall–Kier alpha value is -1.34. The number of ether oxygens (including phenoxy) is 1. The highest BCUT2D eigenvalue weighted by Gasteiger charge is 2.38. The van der Waals surface area contributed by atoms with Gasteiger partial charge >= 0.3 is 0 Å². The first-order valence-electron chi connectivity index (χ1n) is 6.77. The maximum atomic E-state index is 13.9. The van der Waals surface area contributed by atoms with Gasteiger partial charge in [-0.3, -0.25) is 4.79 Å². The number of phenolic OH excluding ortho intramolecular Hbond substituents is 1. The molecule has 1 aromatic carbocycles. The minimum Gasteiger partial charge on any atom is -0.505 e. The zero-order valence-electron chi connectivity index (χ0n) is 11.2. The Balaban J connectivity index is 1.92. The van der Waals surface area contributed by atoms with Gasteiger partial charge in [0.2, 0.25) is 0 Å². The van der Waals surface area contributed by atoms with E-state index in [2.05, 4.69) is 0 Å². The van der Waals surface area contributed by atoms with Crippen LogP contribution in [0.3, 0.4) is 0 Å². The minimum absolute atomic E-state index is 0.0776. The van der Waals surface area contributed by atoms with Gasteiger partial charge in [-0.2, -0.15) is 11.8 Å². The van der Waals surface area contributed by atoms with Crippen molar-refractivity contribution in [2.75, 3.05) is 25.5 Å². The second-order valence-corrected chi connectivity index (χ2v) is 6.44. The summed E-state index contributed by atoms with van der Waals surface area (Å²) in [5.74, 6) is -2.84. The Labute approximate surface area is 125 Å². The number of nitrogens with zero attached hydrogens (tertiary/aromatic N) is 1. The van der Waals surface area contributed by atoms with Crippen molar-refractivity contribution in [2.45, 2.75) is 17.7 Å². The summed E-state index contributed by atoms with van der Waals surface area (Å²) in [6, 6.07) is 1.74. The number of benzene rings is 1. The summed E-state index contributed by atoms with van der Waals surface area (Å²) in [4.78, 5) is 14.1. The molecule has 1 amide bonds. The van der Waals surface area contributed by atoms with Gasteiger partial charge in [-0.25, -0.2) is 8.78 Å². The van der Waals surface area contributed by atoms with Crippen molar-refractivity contribution in [3.8, 4) is 5.75 Å². The molecule has 114 valence electrons. The van der Waals surface area contributed by atoms with Gasteiger partial charge in [0.15, 0.2) is 11.6 Å². The lowest BCUT2D eigenvalue weighted by Crippen LogP contribution is -2.54. The molecule has 3 rings (SSSR count). The molecule has 2 heterocycles. The van der Waals surface area contributed by atoms with Crippen molar-refractivity contribution in [3.63, 3.8) is 0 Å². The number of amides is 1. The molecule has 0 radical (unpaired) electrons. The number of rotatable bonds is 1. The summed E-state index contributed by atoms with van der Waals surface area (Å²) in [5.41, 5.74) is -0.674. The number of carbonyl (C=O) groups is 1. The smallest absolute Gasteiger partial charge is 0.260 e. The first kappa shape index (κ1) is 14.6. The standard InChI is InChI=1S/C14H15F2NO3S/c15-8-1-2-10(18)13(16)12(8)14(19)17-4-6-21-11-7-20-5-3-9(11)17/h1-2,9,11,18H,3-7H2/t9-,11+/m1/s1. The molecule has 0 spiro atoms. The molecule has 2 aliphatic heterocycles. The van der Waals surface area contributed by atoms with Crippen LogP contribution in [0.2, 0.25) is 0 Å². The molecule has 2 aliphatic rings. The number of hydrogen-bond acceptors (Lipinski definition) is 4. The van der Waals surface area contributed by atoms with Crippen LogP contribution in [-0.4, -0.2) is 52.7 Å². The molecule has 0 aliphatic carbocycles. The molecule has 2 fully saturated rings. The first-order valence-corrected chi connectivity index (χ1v) is 7.81. The highest BCUT2D eigenvalue weighted by atomic mass is 32.2. The number of fused-ring (bicyclic) bond motifs is 1. The Kier molecular flexibility index (Phi) is 4.03. The van der Waals surface area contributed by atoms with Gasteiger partial charge in [-0.05, 0) is 18.6 Å². The second-order valence-electron chi connectivity index (χ2n) is 5.09. The predicted molar refractivity (Wildman–Crippen MR) is 74.5 cm³/mol. The Morgan fingerprint density at radius 3 is 3.05 bits per heavy atom. The van der Waals surface area contributed by atoms with Gasteiger partial charge in [-0.15, -0.1) is 0 Å². The molecular formula is C14H15F2NO3S. The molecule has 2 atom stereocenters. The first-order chi connectivity index (χ1) is 10.1. The molecule has 7 heteroatoms. The molecule has 2 saturated heterocycles. The van der Waals surface area contributed by atoms with Gasteiger partial charge in [0.05, 0.1) is 6.61 Å². The average Bonchev–Trinajstić information content (AvgIpc) is 2.50. The van der Waals surface area contributed by atoms with E-state index in [1.54, 1.807) is 11.8 Å². The molecule has 4 nitrogen and oxygen atoms in total. The summed E-state index contributed by atoms with van der Waals surface area (Å²) >= 11 is 1.72. The van der Waals surface area contributed by atoms with E-state index >= 15 is 0 Å². The van der Waals surface area contributed by atoms with E-state index in [0.29, 0.717) is 31.9 Å². The Morgan fingerprint density at radius 2 is 2.24 bits per heavy atom. The van der Waals surface area contributed by atoms with Gasteiger partial charge in [0.1, 0.15) is 11.4 Å². The molecule has 0 aromatic heterocycles. The Morgan fingerprint density at radius 1 is 1.43 bits per heavy atom. The third kappa shape index (κ3) is 2.60. The van der Waals surface area contributed by atoms with Crippen molar-refractivity contribution in [3.05, 3.63) is 29.3 Å². The maximum Gasteiger partial charge on any atom is 0.260 e. The molecule has 0 saturated carbocycles. The molecule has 1 aromatic rings. The zero-order valence-corrected chi connectivity index (χ0v) is 12.0. The normalized spacial score (nSPS) is 25.5. The molecule has 1 N–H and O–H groups in total. The largest absolute Gasteiger partial charge is 0.505 e. The predicted octanol–water partition coefficient (Wildman–Crippen LogP) is 2.02. The van der Waals surface area contributed by atoms with Crippen molar-refractivity contribution < 1.29 is 23.4 Å². The maximum absolute atomic E-state index is 13.9. The van der Waals surface area contributed by atoms with Gasteiger partial charge in [0, 0.05) is 30.2 Å². The van der Waals surface area contributed by atoms with Crippen LogP contribution in [0, 0.1) is 11.6 Å². The number of hydrogen-bond donors (Lipinski definition) is 1. The van der Waals surface area contributed by atoms with Gasteiger partial charge < -0.3 is 14.7 Å². The van der Waals surface area contributed by atoms with Crippen molar-refractivity contribution in [1.29, 1.82) is 0 Å². The topological polar surface area (TPSA) is 49.8 Å². The fourth-order valence-corrected chi connectivity index (χ4v) is 4.12. The highest BCUT2D eigenvalue weighted by molar-refractivity contribution is 8.00. The van der Waals surface area contributed by atoms with Crippen LogP contribution >= 0.6 is 11.8 Å². The van der Waals surface area contributed by atoms with E-state index in [-0.39, 0.29) is 11.3 Å². The number of halogens is 2. The zero-order chi connectivity index (χ0) is 15.0. The summed E-state index contributed by atoms with van der Waals surface area (Å²) in [6.45, 7) is 1.53. The van der Waals surface area contributed by atoms with Crippen LogP contribution < -0.4 is 0 Å². The van der Waals surface area contributed by atoms with Crippen LogP contribution in [0.15, 0.2) is 12.1 Å². The van der Waals surface area contributed by atoms with Crippen LogP contribution in [-0.2, 0) is 4.74 Å². The fourth-order valence-electron chi connectivity index (χ4n) is 2.82. The van der Waals surface area contributed by atoms with Gasteiger partial charge in [-0.1, -0.05) is 0 Å². The van der Waals surface area contributed by atoms with E-state index in [4.69, 9.17) is 4.74 Å². The summed E-state index contributed by atoms with van der Waals surface area (Å²) in [5, 5.41) is 9.51. The number of aromatic hydroxyl groups is 1. The fraction of sp³-hybridized carbons (Fsp3) is 0.500. The number of thioether (sulfide) groups is 1. The lowest BCUT2D eigenvalue weighted by Gasteiger charge is -2.43. The van der Waals surface area contributed by atoms with E-state index in [1.165, 1.54) is 4.90 Å². The second kappa shape index (κ2) is 5.81. The molecule has 0 bridgehead atoms. The highest BCUT2D eigenvalue weighted by Crippen LogP contribution is 2.32. The SMILES string of the molecule is O=C(c1c(F)ccc(O)c1F)N1CCS[C@H]2COCC[C@H]21. The van der Waals surface area contributed by atoms with Crippen LogP contribution in [0.1, 0.15) is 16.8 Å². The summed E-state index contributed by atoms with van der Waals surface area (Å²) < 4.78 is 33.1. The minimum atomic E-state index is -1.19. The van der Waals surface area contributed by atoms with Gasteiger partial charge in [0.25, 0.3) is 5.91 Å². The quantitative estimate of drug-likeness (QED) is 0.861. The Bertz CT molecular complexity index is 567. The summed E-state index contributed by atoms with van der Waals surface area (Å²) in [6.07, 6.45) is 0.658. The van der Waals surface area contributed by atoms with Crippen molar-refractivity contribution in [1.82, 2.24) is 4.90 Å². The van der Waals surface area contributed by atoms with Crippen LogP contribution in [0.5, 0.6) is 5.75 Å². The molecule has 21 heavy (non-hydrogen) atoms. The average molecular weight is 315 g/mol. The number of phenols is 1. The van der Waals surface area contributed by atoms with Crippen molar-refractivity contribution >= 4 is 17.7 Å². The third-order valence-electron chi connectivity index (χ3n) is 3.88. The monoisotopic (exact) mass is 315 g/mol. The van der Waals surface area contributed by atoms with Crippen LogP contribution in [0.25, 0.3) is 0 Å². The van der Waals surface area contributed by atoms with E-state index in [9.17, 15) is 18.7 Å². The van der Waals surface area contributed by atoms with E-state index in [0.717, 1.165) is 12.1 Å². The van der Waals surface area contributed by atoms with E-state index < -0.39 is 28.9 Å². The van der Waals surface area contributed by atoms with Crippen LogP contribution in [0.4, 0.5) is 8.78 Å². The van der Waals surface area contributed by atoms with Crippen molar-refractivity contribution in [2.24, 2.45) is 0 Å². The number of carbonyl (C=O) groups excluding carboxylic acids is 1. The molecule has 0 unspecified atom stereocenters. The lowest BCUT2D eigenvalue weighted by atomic mass is 10.0. The summed E-state index contributed by atoms with van der Waals surface area (Å²) in [7, 11) is 0. The molecular weight excluding hydrogens is 300 g/mol. The third-order valence-corrected chi connectivity index (χ3v) is 5.18.